The van der Waals surface area contributed by atoms with E-state index in [1.165, 1.54) is 0 Å². The number of nitrogens with one attached hydrogen (secondary N) is 1. The van der Waals surface area contributed by atoms with E-state index >= 15 is 0 Å². The van der Waals surface area contributed by atoms with Crippen LogP contribution in [-0.4, -0.2) is 54.5 Å². The van der Waals surface area contributed by atoms with Crippen molar-refractivity contribution in [3.63, 3.8) is 0 Å². The summed E-state index contributed by atoms with van der Waals surface area (Å²) < 4.78 is 5.62. The number of nitrogens with zero attached hydrogens (tertiary/aromatic N) is 2. The van der Waals surface area contributed by atoms with Gasteiger partial charge in [0.2, 0.25) is 5.91 Å². The van der Waals surface area contributed by atoms with Crippen LogP contribution >= 0.6 is 23.2 Å². The number of fused-ring (bicyclic) bond motifs is 2. The summed E-state index contributed by atoms with van der Waals surface area (Å²) in [7, 11) is 1.80. The minimum atomic E-state index is -0.271. The molecule has 3 aliphatic heterocycles. The first-order valence-corrected chi connectivity index (χ1v) is 9.15. The van der Waals surface area contributed by atoms with Gasteiger partial charge in [0.25, 0.3) is 0 Å². The number of hydrogen-bond acceptors (Lipinski definition) is 3. The van der Waals surface area contributed by atoms with Crippen LogP contribution in [0.25, 0.3) is 0 Å². The van der Waals surface area contributed by atoms with Crippen molar-refractivity contribution < 1.29 is 14.3 Å². The third-order valence-corrected chi connectivity index (χ3v) is 6.13. The summed E-state index contributed by atoms with van der Waals surface area (Å²) in [6.45, 7) is 1.58. The Morgan fingerprint density at radius 2 is 2.16 bits per heavy atom. The van der Waals surface area contributed by atoms with Crippen LogP contribution in [0.3, 0.4) is 0 Å². The SMILES string of the molecule is CN1C[C@@H]2[C@@H](CCCN2C(=O)NC2COc3c2ccc(Cl)c3Cl)C1=O. The van der Waals surface area contributed by atoms with Crippen molar-refractivity contribution in [2.45, 2.75) is 24.9 Å². The Morgan fingerprint density at radius 3 is 2.96 bits per heavy atom. The van der Waals surface area contributed by atoms with Crippen LogP contribution in [0.15, 0.2) is 12.1 Å². The lowest BCUT2D eigenvalue weighted by Gasteiger charge is -2.36. The molecule has 2 fully saturated rings. The predicted octanol–water partition coefficient (Wildman–Crippen LogP) is 2.69. The first kappa shape index (κ1) is 16.8. The van der Waals surface area contributed by atoms with Crippen LogP contribution in [0.2, 0.25) is 10.0 Å². The van der Waals surface area contributed by atoms with E-state index in [0.717, 1.165) is 18.4 Å². The van der Waals surface area contributed by atoms with Crippen LogP contribution in [0.1, 0.15) is 24.4 Å². The highest BCUT2D eigenvalue weighted by Gasteiger charge is 2.45. The fraction of sp³-hybridized carbons (Fsp3) is 0.529. The first-order chi connectivity index (χ1) is 12.0. The lowest BCUT2D eigenvalue weighted by Crippen LogP contribution is -2.53. The number of likely N-dealkylation sites (tertiary alicyclic amines) is 2. The number of likely N-dealkylation sites (N-methyl/N-ethyl adjacent to an activating group) is 1. The van der Waals surface area contributed by atoms with Crippen LogP contribution in [0.4, 0.5) is 4.79 Å². The molecule has 3 aliphatic rings. The second-order valence-electron chi connectivity index (χ2n) is 6.82. The maximum atomic E-state index is 12.8. The summed E-state index contributed by atoms with van der Waals surface area (Å²) in [5.74, 6) is 0.593. The van der Waals surface area contributed by atoms with E-state index in [9.17, 15) is 9.59 Å². The van der Waals surface area contributed by atoms with Crippen molar-refractivity contribution in [1.82, 2.24) is 15.1 Å². The zero-order chi connectivity index (χ0) is 17.7. The van der Waals surface area contributed by atoms with E-state index in [0.29, 0.717) is 35.5 Å². The number of halogens is 2. The monoisotopic (exact) mass is 383 g/mol. The molecule has 4 rings (SSSR count). The van der Waals surface area contributed by atoms with Crippen molar-refractivity contribution in [1.29, 1.82) is 0 Å². The van der Waals surface area contributed by atoms with E-state index in [4.69, 9.17) is 27.9 Å². The Hall–Kier alpha value is -1.66. The molecule has 2 saturated heterocycles. The average molecular weight is 384 g/mol. The molecule has 6 nitrogen and oxygen atoms in total. The highest BCUT2D eigenvalue weighted by molar-refractivity contribution is 6.43. The predicted molar refractivity (Wildman–Crippen MR) is 94.1 cm³/mol. The topological polar surface area (TPSA) is 61.9 Å². The van der Waals surface area contributed by atoms with Gasteiger partial charge < -0.3 is 19.9 Å². The maximum Gasteiger partial charge on any atom is 0.318 e. The Balaban J connectivity index is 1.50. The number of urea groups is 1. The average Bonchev–Trinajstić information content (AvgIpc) is 3.13. The van der Waals surface area contributed by atoms with Crippen molar-refractivity contribution >= 4 is 35.1 Å². The van der Waals surface area contributed by atoms with Gasteiger partial charge in [-0.3, -0.25) is 4.79 Å². The lowest BCUT2D eigenvalue weighted by atomic mass is 9.92. The van der Waals surface area contributed by atoms with Crippen molar-refractivity contribution in [2.24, 2.45) is 5.92 Å². The number of carbonyl (C=O) groups is 2. The molecule has 8 heteroatoms. The van der Waals surface area contributed by atoms with Gasteiger partial charge in [0, 0.05) is 25.7 Å². The van der Waals surface area contributed by atoms with Crippen molar-refractivity contribution in [3.05, 3.63) is 27.7 Å². The largest absolute Gasteiger partial charge is 0.489 e. The molecule has 0 saturated carbocycles. The smallest absolute Gasteiger partial charge is 0.318 e. The molecule has 0 radical (unpaired) electrons. The zero-order valence-corrected chi connectivity index (χ0v) is 15.3. The highest BCUT2D eigenvalue weighted by Crippen LogP contribution is 2.42. The molecule has 0 aliphatic carbocycles. The van der Waals surface area contributed by atoms with E-state index in [1.54, 1.807) is 22.9 Å². The van der Waals surface area contributed by atoms with E-state index in [-0.39, 0.29) is 29.9 Å². The number of rotatable bonds is 1. The summed E-state index contributed by atoms with van der Waals surface area (Å²) in [6.07, 6.45) is 1.69. The molecule has 0 bridgehead atoms. The molecule has 3 atom stereocenters. The molecule has 134 valence electrons. The van der Waals surface area contributed by atoms with Gasteiger partial charge in [0.05, 0.1) is 23.0 Å². The van der Waals surface area contributed by atoms with Gasteiger partial charge >= 0.3 is 6.03 Å². The summed E-state index contributed by atoms with van der Waals surface area (Å²) in [5.41, 5.74) is 0.830. The lowest BCUT2D eigenvalue weighted by molar-refractivity contribution is -0.130. The van der Waals surface area contributed by atoms with Crippen molar-refractivity contribution in [2.75, 3.05) is 26.7 Å². The Labute approximate surface area is 156 Å². The van der Waals surface area contributed by atoms with Crippen LogP contribution < -0.4 is 10.1 Å². The van der Waals surface area contributed by atoms with Gasteiger partial charge in [-0.2, -0.15) is 0 Å². The minimum absolute atomic E-state index is 0.0538. The molecule has 1 aromatic rings. The molecule has 1 unspecified atom stereocenters. The van der Waals surface area contributed by atoms with E-state index in [2.05, 4.69) is 5.32 Å². The van der Waals surface area contributed by atoms with Gasteiger partial charge in [-0.15, -0.1) is 0 Å². The first-order valence-electron chi connectivity index (χ1n) is 8.40. The second-order valence-corrected chi connectivity index (χ2v) is 7.61. The standard InChI is InChI=1S/C17H19Cl2N3O3/c1-21-7-13-10(16(21)23)3-2-6-22(13)17(24)20-12-8-25-15-9(12)4-5-11(18)14(15)19/h4-5,10,12-13H,2-3,6-8H2,1H3,(H,20,24)/t10-,12?,13-/m1/s1. The number of carbonyl (C=O) groups excluding carboxylic acids is 2. The molecule has 3 heterocycles. The highest BCUT2D eigenvalue weighted by atomic mass is 35.5. The van der Waals surface area contributed by atoms with Gasteiger partial charge in [-0.1, -0.05) is 29.3 Å². The number of hydrogen-bond donors (Lipinski definition) is 1. The molecule has 0 spiro atoms. The number of piperidine rings is 1. The third kappa shape index (κ3) is 2.72. The summed E-state index contributed by atoms with van der Waals surface area (Å²) in [6, 6.07) is 3.05. The van der Waals surface area contributed by atoms with Gasteiger partial charge in [0.15, 0.2) is 0 Å². The molecule has 3 amide bonds. The maximum absolute atomic E-state index is 12.8. The number of benzene rings is 1. The molecule has 1 aromatic carbocycles. The number of ether oxygens (including phenoxy) is 1. The van der Waals surface area contributed by atoms with Crippen molar-refractivity contribution in [3.8, 4) is 5.75 Å². The molecular formula is C17H19Cl2N3O3. The van der Waals surface area contributed by atoms with Gasteiger partial charge in [0.1, 0.15) is 17.4 Å². The van der Waals surface area contributed by atoms with Crippen LogP contribution in [0.5, 0.6) is 5.75 Å². The molecular weight excluding hydrogens is 365 g/mol. The zero-order valence-electron chi connectivity index (χ0n) is 13.8. The van der Waals surface area contributed by atoms with Gasteiger partial charge in [-0.25, -0.2) is 4.79 Å². The summed E-state index contributed by atoms with van der Waals surface area (Å²) in [4.78, 5) is 28.6. The van der Waals surface area contributed by atoms with E-state index < -0.39 is 0 Å². The van der Waals surface area contributed by atoms with E-state index in [1.807, 2.05) is 6.07 Å². The normalized spacial score (nSPS) is 27.8. The fourth-order valence-corrected chi connectivity index (χ4v) is 4.43. The Kier molecular flexibility index (Phi) is 4.20. The number of amides is 3. The molecule has 1 N–H and O–H groups in total. The molecule has 25 heavy (non-hydrogen) atoms. The fourth-order valence-electron chi connectivity index (χ4n) is 4.05. The molecule has 0 aromatic heterocycles. The summed E-state index contributed by atoms with van der Waals surface area (Å²) in [5, 5.41) is 3.83. The van der Waals surface area contributed by atoms with Crippen LogP contribution in [-0.2, 0) is 4.79 Å². The Bertz CT molecular complexity index is 742. The second kappa shape index (κ2) is 6.25. The summed E-state index contributed by atoms with van der Waals surface area (Å²) >= 11 is 12.2. The van der Waals surface area contributed by atoms with Gasteiger partial charge in [-0.05, 0) is 18.9 Å². The quantitative estimate of drug-likeness (QED) is 0.810. The minimum Gasteiger partial charge on any atom is -0.489 e. The Morgan fingerprint density at radius 1 is 1.36 bits per heavy atom. The third-order valence-electron chi connectivity index (χ3n) is 5.34. The van der Waals surface area contributed by atoms with Crippen LogP contribution in [0, 0.1) is 5.92 Å².